The molecule has 0 bridgehead atoms. The van der Waals surface area contributed by atoms with Gasteiger partial charge in [0.15, 0.2) is 0 Å². The van der Waals surface area contributed by atoms with Crippen LogP contribution >= 0.6 is 0 Å². The third-order valence-corrected chi connectivity index (χ3v) is 3.28. The summed E-state index contributed by atoms with van der Waals surface area (Å²) in [4.78, 5) is 21.6. The molecule has 0 saturated carbocycles. The van der Waals surface area contributed by atoms with Gasteiger partial charge < -0.3 is 16.1 Å². The number of rotatable bonds is 0. The van der Waals surface area contributed by atoms with Crippen molar-refractivity contribution in [2.45, 2.75) is 12.8 Å². The summed E-state index contributed by atoms with van der Waals surface area (Å²) >= 11 is 0. The number of benzene rings is 2. The molecular weight excluding hydrogens is 268 g/mol. The Bertz CT molecular complexity index is 569. The Morgan fingerprint density at radius 2 is 1.05 bits per heavy atom. The summed E-state index contributed by atoms with van der Waals surface area (Å²) < 4.78 is 0. The molecule has 0 fully saturated rings. The van der Waals surface area contributed by atoms with Crippen molar-refractivity contribution in [3.63, 3.8) is 0 Å². The van der Waals surface area contributed by atoms with Crippen LogP contribution in [0, 0.1) is 0 Å². The molecule has 2 heterocycles. The van der Waals surface area contributed by atoms with Gasteiger partial charge in [-0.3, -0.25) is 9.59 Å². The monoisotopic (exact) mass is 284 g/mol. The van der Waals surface area contributed by atoms with Crippen LogP contribution in [0.1, 0.15) is 11.1 Å². The molecule has 108 valence electrons. The predicted octanol–water partition coefficient (Wildman–Crippen LogP) is 1.54. The maximum atomic E-state index is 10.8. The molecule has 4 N–H and O–H groups in total. The highest BCUT2D eigenvalue weighted by molar-refractivity contribution is 5.99. The molecule has 5 nitrogen and oxygen atoms in total. The lowest BCUT2D eigenvalue weighted by molar-refractivity contribution is -0.115. The van der Waals surface area contributed by atoms with Crippen LogP contribution in [0.3, 0.4) is 0 Å². The molecule has 0 aromatic heterocycles. The lowest BCUT2D eigenvalue weighted by atomic mass is 10.2. The van der Waals surface area contributed by atoms with Crippen molar-refractivity contribution in [1.29, 1.82) is 0 Å². The van der Waals surface area contributed by atoms with Crippen molar-refractivity contribution < 1.29 is 15.1 Å². The van der Waals surface area contributed by atoms with E-state index >= 15 is 0 Å². The number of carbonyl (C=O) groups excluding carboxylic acids is 2. The summed E-state index contributed by atoms with van der Waals surface area (Å²) in [5.74, 6) is 0.197. The van der Waals surface area contributed by atoms with Gasteiger partial charge >= 0.3 is 0 Å². The van der Waals surface area contributed by atoms with Crippen molar-refractivity contribution in [2.24, 2.45) is 0 Å². The topological polar surface area (TPSA) is 89.7 Å². The van der Waals surface area contributed by atoms with Gasteiger partial charge in [-0.1, -0.05) is 36.4 Å². The zero-order chi connectivity index (χ0) is 13.9. The second-order valence-corrected chi connectivity index (χ2v) is 4.76. The highest BCUT2D eigenvalue weighted by atomic mass is 16.2. The second kappa shape index (κ2) is 6.19. The Morgan fingerprint density at radius 1 is 0.667 bits per heavy atom. The van der Waals surface area contributed by atoms with Crippen LogP contribution in [0.4, 0.5) is 11.4 Å². The quantitative estimate of drug-likeness (QED) is 0.768. The van der Waals surface area contributed by atoms with Gasteiger partial charge in [0.1, 0.15) is 0 Å². The summed E-state index contributed by atoms with van der Waals surface area (Å²) in [5, 5.41) is 5.52. The van der Waals surface area contributed by atoms with Crippen molar-refractivity contribution in [2.75, 3.05) is 10.6 Å². The Labute approximate surface area is 122 Å². The van der Waals surface area contributed by atoms with Gasteiger partial charge in [-0.25, -0.2) is 0 Å². The van der Waals surface area contributed by atoms with Crippen molar-refractivity contribution >= 4 is 23.2 Å². The maximum Gasteiger partial charge on any atom is 0.228 e. The number of fused-ring (bicyclic) bond motifs is 2. The number of nitrogens with one attached hydrogen (secondary N) is 2. The Kier molecular flexibility index (Phi) is 4.35. The first-order valence-corrected chi connectivity index (χ1v) is 6.48. The van der Waals surface area contributed by atoms with Gasteiger partial charge in [0.25, 0.3) is 0 Å². The first-order valence-electron chi connectivity index (χ1n) is 6.48. The van der Waals surface area contributed by atoms with Gasteiger partial charge in [0.05, 0.1) is 12.8 Å². The summed E-state index contributed by atoms with van der Waals surface area (Å²) in [6.45, 7) is 0. The molecule has 4 rings (SSSR count). The van der Waals surface area contributed by atoms with Crippen LogP contribution in [-0.2, 0) is 22.4 Å². The Hall–Kier alpha value is -2.66. The number of para-hydroxylation sites is 2. The molecule has 0 unspecified atom stereocenters. The number of carbonyl (C=O) groups is 2. The molecule has 2 aliphatic heterocycles. The van der Waals surface area contributed by atoms with E-state index in [9.17, 15) is 9.59 Å². The van der Waals surface area contributed by atoms with Crippen LogP contribution in [0.2, 0.25) is 0 Å². The number of amides is 2. The van der Waals surface area contributed by atoms with E-state index in [1.165, 1.54) is 0 Å². The van der Waals surface area contributed by atoms with E-state index in [0.29, 0.717) is 12.8 Å². The normalized spacial score (nSPS) is 13.9. The highest BCUT2D eigenvalue weighted by Gasteiger charge is 2.15. The standard InChI is InChI=1S/2C8H7NO.H2O/c2*10-8-5-6-3-1-2-4-7(6)9-8;/h2*1-4H,5H2,(H,9,10);1H2. The van der Waals surface area contributed by atoms with Crippen LogP contribution < -0.4 is 10.6 Å². The molecule has 2 aromatic carbocycles. The van der Waals surface area contributed by atoms with Crippen molar-refractivity contribution in [3.05, 3.63) is 59.7 Å². The highest BCUT2D eigenvalue weighted by Crippen LogP contribution is 2.21. The second-order valence-electron chi connectivity index (χ2n) is 4.76. The van der Waals surface area contributed by atoms with E-state index in [1.807, 2.05) is 48.5 Å². The van der Waals surface area contributed by atoms with E-state index in [4.69, 9.17) is 0 Å². The summed E-state index contributed by atoms with van der Waals surface area (Å²) in [6, 6.07) is 15.5. The zero-order valence-electron chi connectivity index (χ0n) is 11.3. The molecule has 2 amide bonds. The van der Waals surface area contributed by atoms with E-state index in [2.05, 4.69) is 10.6 Å². The number of anilines is 2. The van der Waals surface area contributed by atoms with E-state index in [0.717, 1.165) is 22.5 Å². The fraction of sp³-hybridized carbons (Fsp3) is 0.125. The van der Waals surface area contributed by atoms with Crippen LogP contribution in [-0.4, -0.2) is 17.3 Å². The van der Waals surface area contributed by atoms with Crippen molar-refractivity contribution in [1.82, 2.24) is 0 Å². The summed E-state index contributed by atoms with van der Waals surface area (Å²) in [5.41, 5.74) is 4.14. The molecule has 0 saturated heterocycles. The van der Waals surface area contributed by atoms with Crippen LogP contribution in [0.25, 0.3) is 0 Å². The fourth-order valence-corrected chi connectivity index (χ4v) is 2.33. The first kappa shape index (κ1) is 14.7. The Morgan fingerprint density at radius 3 is 1.43 bits per heavy atom. The minimum Gasteiger partial charge on any atom is -0.412 e. The van der Waals surface area contributed by atoms with Gasteiger partial charge in [-0.2, -0.15) is 0 Å². The lowest BCUT2D eigenvalue weighted by Gasteiger charge is -1.93. The van der Waals surface area contributed by atoms with Gasteiger partial charge in [-0.15, -0.1) is 0 Å². The summed E-state index contributed by atoms with van der Waals surface area (Å²) in [6.07, 6.45) is 1.08. The minimum absolute atomic E-state index is 0. The number of hydrogen-bond acceptors (Lipinski definition) is 2. The third-order valence-electron chi connectivity index (χ3n) is 3.28. The minimum atomic E-state index is 0. The Balaban J connectivity index is 0.000000147. The smallest absolute Gasteiger partial charge is 0.228 e. The SMILES string of the molecule is O.O=C1Cc2ccccc2N1.O=C1Cc2ccccc2N1. The molecule has 2 aliphatic rings. The maximum absolute atomic E-state index is 10.8. The van der Waals surface area contributed by atoms with E-state index in [-0.39, 0.29) is 17.3 Å². The molecule has 0 atom stereocenters. The third kappa shape index (κ3) is 3.27. The van der Waals surface area contributed by atoms with E-state index < -0.39 is 0 Å². The zero-order valence-corrected chi connectivity index (χ0v) is 11.3. The average molecular weight is 284 g/mol. The molecule has 0 spiro atoms. The molecule has 0 aliphatic carbocycles. The molecule has 0 radical (unpaired) electrons. The van der Waals surface area contributed by atoms with E-state index in [1.54, 1.807) is 0 Å². The van der Waals surface area contributed by atoms with Crippen LogP contribution in [0.5, 0.6) is 0 Å². The fourth-order valence-electron chi connectivity index (χ4n) is 2.33. The first-order chi connectivity index (χ1) is 9.72. The number of hydrogen-bond donors (Lipinski definition) is 2. The average Bonchev–Trinajstić information content (AvgIpc) is 2.99. The van der Waals surface area contributed by atoms with Gasteiger partial charge in [-0.05, 0) is 23.3 Å². The lowest BCUT2D eigenvalue weighted by Crippen LogP contribution is -2.03. The molecule has 21 heavy (non-hydrogen) atoms. The van der Waals surface area contributed by atoms with Crippen molar-refractivity contribution in [3.8, 4) is 0 Å². The van der Waals surface area contributed by atoms with Gasteiger partial charge in [0, 0.05) is 11.4 Å². The molecular formula is C16H16N2O3. The predicted molar refractivity (Wildman–Crippen MR) is 81.2 cm³/mol. The molecule has 2 aromatic rings. The van der Waals surface area contributed by atoms with Gasteiger partial charge in [0.2, 0.25) is 11.8 Å². The molecule has 5 heteroatoms. The van der Waals surface area contributed by atoms with Crippen LogP contribution in [0.15, 0.2) is 48.5 Å². The summed E-state index contributed by atoms with van der Waals surface area (Å²) in [7, 11) is 0. The largest absolute Gasteiger partial charge is 0.412 e.